The first kappa shape index (κ1) is 8.58. The zero-order valence-electron chi connectivity index (χ0n) is 7.14. The molecule has 2 heteroatoms. The van der Waals surface area contributed by atoms with E-state index in [1.54, 1.807) is 0 Å². The van der Waals surface area contributed by atoms with Crippen molar-refractivity contribution in [3.05, 3.63) is 0 Å². The number of nitrogens with zero attached hydrogens (tertiary/aromatic N) is 1. The number of hydrogen-bond donors (Lipinski definition) is 1. The lowest BCUT2D eigenvalue weighted by molar-refractivity contribution is 0.281. The van der Waals surface area contributed by atoms with E-state index in [1.807, 2.05) is 7.05 Å². The van der Waals surface area contributed by atoms with Crippen molar-refractivity contribution in [2.45, 2.75) is 18.9 Å². The predicted molar refractivity (Wildman–Crippen MR) is 47.4 cm³/mol. The lowest BCUT2D eigenvalue weighted by atomic mass is 10.2. The fraction of sp³-hybridized carbons (Fsp3) is 0.778. The zero-order chi connectivity index (χ0) is 8.10. The summed E-state index contributed by atoms with van der Waals surface area (Å²) in [6, 6.07) is 0.677. The molecule has 0 spiro atoms. The molecule has 0 bridgehead atoms. The normalized spacial score (nSPS) is 25.3. The lowest BCUT2D eigenvalue weighted by Gasteiger charge is -2.21. The van der Waals surface area contributed by atoms with Crippen LogP contribution < -0.4 is 5.32 Å². The summed E-state index contributed by atoms with van der Waals surface area (Å²) in [4.78, 5) is 2.37. The molecule has 1 heterocycles. The highest BCUT2D eigenvalue weighted by Crippen LogP contribution is 2.15. The van der Waals surface area contributed by atoms with E-state index in [-0.39, 0.29) is 0 Å². The largest absolute Gasteiger partial charge is 0.318 e. The Balaban J connectivity index is 2.32. The number of likely N-dealkylation sites (N-methyl/N-ethyl adjacent to an activating group) is 1. The first-order chi connectivity index (χ1) is 5.38. The van der Waals surface area contributed by atoms with E-state index in [0.717, 1.165) is 13.1 Å². The highest BCUT2D eigenvalue weighted by atomic mass is 15.2. The Morgan fingerprint density at radius 1 is 1.73 bits per heavy atom. The maximum atomic E-state index is 5.25. The van der Waals surface area contributed by atoms with Crippen molar-refractivity contribution in [1.82, 2.24) is 10.2 Å². The van der Waals surface area contributed by atoms with Crippen molar-refractivity contribution in [3.8, 4) is 12.3 Å². The Labute approximate surface area is 69.0 Å². The van der Waals surface area contributed by atoms with Gasteiger partial charge in [0.2, 0.25) is 0 Å². The van der Waals surface area contributed by atoms with Crippen molar-refractivity contribution < 1.29 is 0 Å². The van der Waals surface area contributed by atoms with Crippen molar-refractivity contribution in [3.63, 3.8) is 0 Å². The summed E-state index contributed by atoms with van der Waals surface area (Å²) in [5.41, 5.74) is 0. The van der Waals surface area contributed by atoms with Crippen LogP contribution in [0.3, 0.4) is 0 Å². The third-order valence-corrected chi connectivity index (χ3v) is 2.23. The Morgan fingerprint density at radius 3 is 3.18 bits per heavy atom. The second kappa shape index (κ2) is 4.38. The van der Waals surface area contributed by atoms with Gasteiger partial charge in [-0.25, -0.2) is 0 Å². The van der Waals surface area contributed by atoms with Gasteiger partial charge in [-0.1, -0.05) is 5.92 Å². The molecular formula is C9H16N2. The molecule has 0 aromatic heterocycles. The standard InChI is InChI=1S/C9H16N2/c1-3-6-11-7-4-5-9(11)8-10-2/h1,9-10H,4-8H2,2H3. The molecule has 62 valence electrons. The van der Waals surface area contributed by atoms with Gasteiger partial charge in [0.25, 0.3) is 0 Å². The average molecular weight is 152 g/mol. The molecule has 2 nitrogen and oxygen atoms in total. The summed E-state index contributed by atoms with van der Waals surface area (Å²) in [6.07, 6.45) is 7.85. The van der Waals surface area contributed by atoms with Crippen LogP contribution in [0.4, 0.5) is 0 Å². The SMILES string of the molecule is C#CCN1CCCC1CNC. The van der Waals surface area contributed by atoms with Gasteiger partial charge in [0.1, 0.15) is 0 Å². The molecule has 0 aromatic carbocycles. The van der Waals surface area contributed by atoms with E-state index in [0.29, 0.717) is 6.04 Å². The number of terminal acetylenes is 1. The highest BCUT2D eigenvalue weighted by molar-refractivity contribution is 4.93. The van der Waals surface area contributed by atoms with Gasteiger partial charge in [0.15, 0.2) is 0 Å². The maximum absolute atomic E-state index is 5.25. The second-order valence-corrected chi connectivity index (χ2v) is 3.03. The first-order valence-electron chi connectivity index (χ1n) is 4.20. The number of rotatable bonds is 3. The summed E-state index contributed by atoms with van der Waals surface area (Å²) in [6.45, 7) is 3.06. The Kier molecular flexibility index (Phi) is 3.41. The third kappa shape index (κ3) is 2.21. The van der Waals surface area contributed by atoms with Gasteiger partial charge in [-0.2, -0.15) is 0 Å². The zero-order valence-corrected chi connectivity index (χ0v) is 7.14. The van der Waals surface area contributed by atoms with E-state index in [4.69, 9.17) is 6.42 Å². The molecule has 0 saturated carbocycles. The van der Waals surface area contributed by atoms with Crippen LogP contribution in [0, 0.1) is 12.3 Å². The molecule has 0 radical (unpaired) electrons. The number of nitrogens with one attached hydrogen (secondary N) is 1. The molecule has 1 rings (SSSR count). The van der Waals surface area contributed by atoms with Crippen LogP contribution in [0.15, 0.2) is 0 Å². The molecule has 1 unspecified atom stereocenters. The molecule has 0 amide bonds. The van der Waals surface area contributed by atoms with E-state index < -0.39 is 0 Å². The molecule has 1 N–H and O–H groups in total. The fourth-order valence-corrected chi connectivity index (χ4v) is 1.69. The summed E-state index contributed by atoms with van der Waals surface area (Å²) < 4.78 is 0. The summed E-state index contributed by atoms with van der Waals surface area (Å²) >= 11 is 0. The molecule has 1 aliphatic heterocycles. The van der Waals surface area contributed by atoms with Crippen LogP contribution >= 0.6 is 0 Å². The van der Waals surface area contributed by atoms with Crippen LogP contribution in [-0.4, -0.2) is 37.6 Å². The molecule has 11 heavy (non-hydrogen) atoms. The van der Waals surface area contributed by atoms with Gasteiger partial charge >= 0.3 is 0 Å². The van der Waals surface area contributed by atoms with Crippen molar-refractivity contribution in [2.75, 3.05) is 26.7 Å². The van der Waals surface area contributed by atoms with Crippen molar-refractivity contribution in [1.29, 1.82) is 0 Å². The van der Waals surface area contributed by atoms with Gasteiger partial charge in [-0.05, 0) is 26.4 Å². The Morgan fingerprint density at radius 2 is 2.55 bits per heavy atom. The second-order valence-electron chi connectivity index (χ2n) is 3.03. The molecule has 1 fully saturated rings. The number of hydrogen-bond acceptors (Lipinski definition) is 2. The lowest BCUT2D eigenvalue weighted by Crippen LogP contribution is -2.36. The minimum Gasteiger partial charge on any atom is -0.318 e. The molecular weight excluding hydrogens is 136 g/mol. The molecule has 0 aromatic rings. The quantitative estimate of drug-likeness (QED) is 0.585. The maximum Gasteiger partial charge on any atom is 0.0601 e. The monoisotopic (exact) mass is 152 g/mol. The minimum atomic E-state index is 0.677. The highest BCUT2D eigenvalue weighted by Gasteiger charge is 2.22. The van der Waals surface area contributed by atoms with Crippen LogP contribution in [0.5, 0.6) is 0 Å². The summed E-state index contributed by atoms with van der Waals surface area (Å²) in [7, 11) is 1.99. The fourth-order valence-electron chi connectivity index (χ4n) is 1.69. The van der Waals surface area contributed by atoms with Crippen molar-refractivity contribution >= 4 is 0 Å². The minimum absolute atomic E-state index is 0.677. The predicted octanol–water partition coefficient (Wildman–Crippen LogP) is 0.303. The van der Waals surface area contributed by atoms with E-state index >= 15 is 0 Å². The van der Waals surface area contributed by atoms with E-state index in [2.05, 4.69) is 16.1 Å². The molecule has 1 aliphatic rings. The van der Waals surface area contributed by atoms with Crippen LogP contribution in [0.1, 0.15) is 12.8 Å². The third-order valence-electron chi connectivity index (χ3n) is 2.23. The average Bonchev–Trinajstić information content (AvgIpc) is 2.39. The van der Waals surface area contributed by atoms with Crippen LogP contribution in [-0.2, 0) is 0 Å². The van der Waals surface area contributed by atoms with Gasteiger partial charge in [-0.3, -0.25) is 4.90 Å². The summed E-state index contributed by atoms with van der Waals surface area (Å²) in [5.74, 6) is 2.70. The van der Waals surface area contributed by atoms with Gasteiger partial charge < -0.3 is 5.32 Å². The molecule has 1 atom stereocenters. The molecule has 0 aliphatic carbocycles. The van der Waals surface area contributed by atoms with Gasteiger partial charge in [-0.15, -0.1) is 6.42 Å². The van der Waals surface area contributed by atoms with Crippen LogP contribution in [0.2, 0.25) is 0 Å². The van der Waals surface area contributed by atoms with Crippen molar-refractivity contribution in [2.24, 2.45) is 0 Å². The van der Waals surface area contributed by atoms with Crippen LogP contribution in [0.25, 0.3) is 0 Å². The Hall–Kier alpha value is -0.520. The van der Waals surface area contributed by atoms with E-state index in [1.165, 1.54) is 19.4 Å². The molecule has 1 saturated heterocycles. The first-order valence-corrected chi connectivity index (χ1v) is 4.20. The van der Waals surface area contributed by atoms with Gasteiger partial charge in [0, 0.05) is 12.6 Å². The smallest absolute Gasteiger partial charge is 0.0601 e. The topological polar surface area (TPSA) is 15.3 Å². The van der Waals surface area contributed by atoms with Gasteiger partial charge in [0.05, 0.1) is 6.54 Å². The number of likely N-dealkylation sites (tertiary alicyclic amines) is 1. The Bertz CT molecular complexity index is 148. The summed E-state index contributed by atoms with van der Waals surface area (Å²) in [5, 5.41) is 3.19. The van der Waals surface area contributed by atoms with E-state index in [9.17, 15) is 0 Å².